The number of benzene rings is 1. The van der Waals surface area contributed by atoms with E-state index in [1.807, 2.05) is 0 Å². The van der Waals surface area contributed by atoms with Crippen LogP contribution in [0.25, 0.3) is 10.9 Å². The van der Waals surface area contributed by atoms with Crippen LogP contribution in [0.3, 0.4) is 0 Å². The van der Waals surface area contributed by atoms with Gasteiger partial charge in [0, 0.05) is 17.8 Å². The minimum absolute atomic E-state index is 0.0235. The van der Waals surface area contributed by atoms with Crippen LogP contribution in [0.1, 0.15) is 21.6 Å². The maximum absolute atomic E-state index is 11.9. The van der Waals surface area contributed by atoms with Crippen molar-refractivity contribution < 1.29 is 13.2 Å². The largest absolute Gasteiger partial charge is 0.365 e. The second-order valence-electron chi connectivity index (χ2n) is 5.43. The summed E-state index contributed by atoms with van der Waals surface area (Å²) in [7, 11) is -4.04. The summed E-state index contributed by atoms with van der Waals surface area (Å²) in [5.74, 6) is -0.785. The lowest BCUT2D eigenvalue weighted by atomic mass is 10.1. The maximum Gasteiger partial charge on any atom is 0.253 e. The number of fused-ring (bicyclic) bond motifs is 1. The first kappa shape index (κ1) is 17.8. The number of hydrogen-bond acceptors (Lipinski definition) is 6. The molecule has 0 aliphatic heterocycles. The normalized spacial score (nSPS) is 11.4. The van der Waals surface area contributed by atoms with Gasteiger partial charge in [0.05, 0.1) is 22.6 Å². The van der Waals surface area contributed by atoms with Crippen molar-refractivity contribution in [3.05, 3.63) is 52.4 Å². The molecule has 0 radical (unpaired) electrons. The molecule has 0 saturated heterocycles. The Labute approximate surface area is 152 Å². The molecule has 2 heterocycles. The van der Waals surface area contributed by atoms with E-state index in [1.165, 1.54) is 23.1 Å². The van der Waals surface area contributed by atoms with Gasteiger partial charge in [-0.05, 0) is 23.8 Å². The van der Waals surface area contributed by atoms with E-state index in [4.69, 9.17) is 27.7 Å². The average molecular weight is 391 g/mol. The average Bonchev–Trinajstić information content (AvgIpc) is 2.96. The first-order chi connectivity index (χ1) is 12.2. The molecule has 0 spiro atoms. The van der Waals surface area contributed by atoms with E-state index in [9.17, 15) is 13.2 Å². The molecule has 1 aromatic carbocycles. The van der Waals surface area contributed by atoms with E-state index in [0.29, 0.717) is 16.0 Å². The highest BCUT2D eigenvalue weighted by atomic mass is 35.5. The minimum Gasteiger partial charge on any atom is -0.365 e. The number of carbonyl (C=O) groups is 1. The molecule has 11 heteroatoms. The van der Waals surface area contributed by atoms with Crippen molar-refractivity contribution in [2.24, 2.45) is 10.9 Å². The molecule has 3 aromatic rings. The van der Waals surface area contributed by atoms with Gasteiger partial charge in [-0.25, -0.2) is 13.6 Å². The van der Waals surface area contributed by atoms with Crippen molar-refractivity contribution in [1.29, 1.82) is 5.26 Å². The summed E-state index contributed by atoms with van der Waals surface area (Å²) in [5.41, 5.74) is 5.77. The molecular formula is C15H11ClN6O3S. The van der Waals surface area contributed by atoms with Crippen LogP contribution < -0.4 is 10.9 Å². The number of hydrogen-bond donors (Lipinski definition) is 2. The van der Waals surface area contributed by atoms with Crippen LogP contribution in [-0.2, 0) is 16.6 Å². The highest BCUT2D eigenvalue weighted by molar-refractivity contribution is 7.89. The Kier molecular flexibility index (Phi) is 4.37. The van der Waals surface area contributed by atoms with Crippen LogP contribution in [-0.4, -0.2) is 29.1 Å². The summed E-state index contributed by atoms with van der Waals surface area (Å²) in [6, 6.07) is 6.36. The fourth-order valence-electron chi connectivity index (χ4n) is 2.51. The topological polar surface area (TPSA) is 158 Å². The summed E-state index contributed by atoms with van der Waals surface area (Å²) in [5, 5.41) is 19.1. The van der Waals surface area contributed by atoms with Crippen molar-refractivity contribution in [1.82, 2.24) is 14.8 Å². The molecule has 0 unspecified atom stereocenters. The van der Waals surface area contributed by atoms with Gasteiger partial charge in [-0.2, -0.15) is 10.4 Å². The van der Waals surface area contributed by atoms with Crippen LogP contribution in [0.4, 0.5) is 0 Å². The molecule has 0 atom stereocenters. The number of aromatic nitrogens is 3. The zero-order chi connectivity index (χ0) is 19.1. The number of nitriles is 1. The summed E-state index contributed by atoms with van der Waals surface area (Å²) < 4.78 is 25.1. The Bertz CT molecular complexity index is 1200. The fraction of sp³-hybridized carbons (Fsp3) is 0.0667. The molecule has 3 rings (SSSR count). The van der Waals surface area contributed by atoms with Gasteiger partial charge in [-0.1, -0.05) is 11.6 Å². The molecule has 0 bridgehead atoms. The first-order valence-electron chi connectivity index (χ1n) is 7.07. The van der Waals surface area contributed by atoms with Gasteiger partial charge in [0.25, 0.3) is 5.91 Å². The fourth-order valence-corrected chi connectivity index (χ4v) is 3.43. The van der Waals surface area contributed by atoms with Crippen LogP contribution >= 0.6 is 11.6 Å². The summed E-state index contributed by atoms with van der Waals surface area (Å²) in [6.07, 6.45) is 2.64. The molecule has 26 heavy (non-hydrogen) atoms. The molecular weight excluding hydrogens is 380 g/mol. The minimum atomic E-state index is -4.04. The van der Waals surface area contributed by atoms with Gasteiger partial charge in [-0.3, -0.25) is 14.5 Å². The number of primary sulfonamides is 1. The summed E-state index contributed by atoms with van der Waals surface area (Å²) in [4.78, 5) is 15.2. The van der Waals surface area contributed by atoms with Crippen molar-refractivity contribution in [3.8, 4) is 6.07 Å². The van der Waals surface area contributed by atoms with Crippen molar-refractivity contribution in [3.63, 3.8) is 0 Å². The van der Waals surface area contributed by atoms with Crippen molar-refractivity contribution >= 4 is 38.4 Å². The molecule has 132 valence electrons. The molecule has 4 N–H and O–H groups in total. The summed E-state index contributed by atoms with van der Waals surface area (Å²) in [6.45, 7) is 0.0763. The van der Waals surface area contributed by atoms with Crippen molar-refractivity contribution in [2.45, 2.75) is 11.4 Å². The van der Waals surface area contributed by atoms with Gasteiger partial charge in [0.2, 0.25) is 10.0 Å². The Balaban J connectivity index is 2.14. The third kappa shape index (κ3) is 3.36. The standard InChI is InChI=1S/C15H11ClN6O3S/c16-10-3-9-1-8(2-13(26(19,24)25)14(9)20-5-10)6-22-7-11(15(18)23)12(4-17)21-22/h1-3,5,7H,6H2,(H2,18,23)(H2,19,24,25). The van der Waals surface area contributed by atoms with Crippen LogP contribution in [0.2, 0.25) is 5.02 Å². The Morgan fingerprint density at radius 2 is 2.08 bits per heavy atom. The molecule has 0 aliphatic rings. The molecule has 0 saturated carbocycles. The van der Waals surface area contributed by atoms with Gasteiger partial charge >= 0.3 is 0 Å². The lowest BCUT2D eigenvalue weighted by Gasteiger charge is -2.09. The third-order valence-electron chi connectivity index (χ3n) is 3.56. The number of carbonyl (C=O) groups excluding carboxylic acids is 1. The molecule has 0 aliphatic carbocycles. The van der Waals surface area contributed by atoms with Gasteiger partial charge < -0.3 is 5.73 Å². The number of primary amides is 1. The predicted molar refractivity (Wildman–Crippen MR) is 92.7 cm³/mol. The SMILES string of the molecule is N#Cc1nn(Cc2cc(S(N)(=O)=O)c3ncc(Cl)cc3c2)cc1C(N)=O. The Morgan fingerprint density at radius 1 is 1.35 bits per heavy atom. The van der Waals surface area contributed by atoms with E-state index < -0.39 is 15.9 Å². The Morgan fingerprint density at radius 3 is 2.65 bits per heavy atom. The van der Waals surface area contributed by atoms with Crippen LogP contribution in [0, 0.1) is 11.3 Å². The van der Waals surface area contributed by atoms with E-state index in [-0.39, 0.29) is 28.2 Å². The highest BCUT2D eigenvalue weighted by Gasteiger charge is 2.18. The predicted octanol–water partition coefficient (Wildman–Crippen LogP) is 0.751. The van der Waals surface area contributed by atoms with Crippen LogP contribution in [0.5, 0.6) is 0 Å². The second-order valence-corrected chi connectivity index (χ2v) is 7.40. The van der Waals surface area contributed by atoms with Crippen LogP contribution in [0.15, 0.2) is 35.5 Å². The number of pyridine rings is 1. The zero-order valence-electron chi connectivity index (χ0n) is 13.0. The first-order valence-corrected chi connectivity index (χ1v) is 9.00. The monoisotopic (exact) mass is 390 g/mol. The number of halogens is 1. The van der Waals surface area contributed by atoms with Crippen molar-refractivity contribution in [2.75, 3.05) is 0 Å². The van der Waals surface area contributed by atoms with E-state index >= 15 is 0 Å². The number of rotatable bonds is 4. The van der Waals surface area contributed by atoms with E-state index in [0.717, 1.165) is 0 Å². The molecule has 1 amide bonds. The van der Waals surface area contributed by atoms with Gasteiger partial charge in [0.1, 0.15) is 11.0 Å². The molecule has 2 aromatic heterocycles. The highest BCUT2D eigenvalue weighted by Crippen LogP contribution is 2.25. The molecule has 0 fully saturated rings. The zero-order valence-corrected chi connectivity index (χ0v) is 14.6. The van der Waals surface area contributed by atoms with Gasteiger partial charge in [-0.15, -0.1) is 0 Å². The smallest absolute Gasteiger partial charge is 0.253 e. The number of nitrogens with two attached hydrogens (primary N) is 2. The van der Waals surface area contributed by atoms with Gasteiger partial charge in [0.15, 0.2) is 5.69 Å². The second kappa shape index (κ2) is 6.38. The number of amides is 1. The third-order valence-corrected chi connectivity index (χ3v) is 4.69. The Hall–Kier alpha value is -3.00. The lowest BCUT2D eigenvalue weighted by Crippen LogP contribution is -2.14. The molecule has 9 nitrogen and oxygen atoms in total. The van der Waals surface area contributed by atoms with E-state index in [2.05, 4.69) is 10.1 Å². The summed E-state index contributed by atoms with van der Waals surface area (Å²) >= 11 is 5.93. The lowest BCUT2D eigenvalue weighted by molar-refractivity contribution is 0.1000. The van der Waals surface area contributed by atoms with E-state index in [1.54, 1.807) is 18.2 Å². The number of sulfonamides is 1. The quantitative estimate of drug-likeness (QED) is 0.668. The maximum atomic E-state index is 11.9. The number of nitrogens with zero attached hydrogens (tertiary/aromatic N) is 4.